The van der Waals surface area contributed by atoms with Gasteiger partial charge in [-0.2, -0.15) is 4.98 Å². The number of carboxylic acids is 1. The number of aromatic carboxylic acids is 1. The third kappa shape index (κ3) is 2.57. The van der Waals surface area contributed by atoms with E-state index in [-0.39, 0.29) is 5.56 Å². The number of carboxylic acid groups (broad SMARTS) is 1. The van der Waals surface area contributed by atoms with Gasteiger partial charge >= 0.3 is 5.97 Å². The molecule has 0 aliphatic carbocycles. The number of para-hydroxylation sites is 1. The maximum atomic E-state index is 11.4. The van der Waals surface area contributed by atoms with Gasteiger partial charge in [-0.15, -0.1) is 5.10 Å². The largest absolute Gasteiger partial charge is 0.478 e. The number of aryl methyl sites for hydroxylation is 2. The molecule has 0 aliphatic rings. The second kappa shape index (κ2) is 5.99. The minimum absolute atomic E-state index is 0.165. The molecular weight excluding hydrogens is 332 g/mol. The van der Waals surface area contributed by atoms with Crippen LogP contribution in [0.1, 0.15) is 21.9 Å². The highest BCUT2D eigenvalue weighted by Gasteiger charge is 2.14. The van der Waals surface area contributed by atoms with Crippen LogP contribution < -0.4 is 5.32 Å². The third-order valence-corrected chi connectivity index (χ3v) is 4.20. The molecule has 8 nitrogen and oxygen atoms in total. The molecule has 3 heterocycles. The zero-order valence-electron chi connectivity index (χ0n) is 14.2. The van der Waals surface area contributed by atoms with Gasteiger partial charge in [-0.3, -0.25) is 0 Å². The highest BCUT2D eigenvalue weighted by Crippen LogP contribution is 2.22. The summed E-state index contributed by atoms with van der Waals surface area (Å²) >= 11 is 0. The lowest BCUT2D eigenvalue weighted by Gasteiger charge is -2.09. The molecule has 2 N–H and O–H groups in total. The van der Waals surface area contributed by atoms with Crippen molar-refractivity contribution in [2.24, 2.45) is 0 Å². The zero-order valence-corrected chi connectivity index (χ0v) is 14.2. The second-order valence-corrected chi connectivity index (χ2v) is 5.83. The van der Waals surface area contributed by atoms with Crippen molar-refractivity contribution in [1.29, 1.82) is 0 Å². The Labute approximate surface area is 148 Å². The minimum Gasteiger partial charge on any atom is -0.478 e. The van der Waals surface area contributed by atoms with Crippen molar-refractivity contribution in [2.75, 3.05) is 5.32 Å². The number of aromatic nitrogens is 5. The summed E-state index contributed by atoms with van der Waals surface area (Å²) in [5.41, 5.74) is 3.13. The molecule has 0 atom stereocenters. The number of hydrogen-bond acceptors (Lipinski definition) is 5. The van der Waals surface area contributed by atoms with Gasteiger partial charge in [-0.1, -0.05) is 12.1 Å². The average molecular weight is 348 g/mol. The van der Waals surface area contributed by atoms with Crippen LogP contribution in [0.15, 0.2) is 48.8 Å². The van der Waals surface area contributed by atoms with Crippen molar-refractivity contribution in [3.8, 4) is 5.69 Å². The topological polar surface area (TPSA) is 97.3 Å². The minimum atomic E-state index is -1.01. The van der Waals surface area contributed by atoms with Crippen molar-refractivity contribution < 1.29 is 9.90 Å². The molecule has 130 valence electrons. The van der Waals surface area contributed by atoms with Gasteiger partial charge in [0, 0.05) is 12.4 Å². The smallest absolute Gasteiger partial charge is 0.337 e. The van der Waals surface area contributed by atoms with Gasteiger partial charge in [0.2, 0.25) is 5.95 Å². The van der Waals surface area contributed by atoms with Crippen LogP contribution in [0.3, 0.4) is 0 Å². The summed E-state index contributed by atoms with van der Waals surface area (Å²) in [4.78, 5) is 20.0. The fourth-order valence-electron chi connectivity index (χ4n) is 2.90. The maximum Gasteiger partial charge on any atom is 0.337 e. The van der Waals surface area contributed by atoms with Gasteiger partial charge < -0.3 is 15.0 Å². The first-order chi connectivity index (χ1) is 12.5. The summed E-state index contributed by atoms with van der Waals surface area (Å²) in [6, 6.07) is 10.5. The Bertz CT molecular complexity index is 1130. The van der Waals surface area contributed by atoms with E-state index >= 15 is 0 Å². The van der Waals surface area contributed by atoms with Gasteiger partial charge in [-0.25, -0.2) is 14.3 Å². The summed E-state index contributed by atoms with van der Waals surface area (Å²) in [7, 11) is 0. The predicted octanol–water partition coefficient (Wildman–Crippen LogP) is 2.97. The molecule has 0 aliphatic heterocycles. The first kappa shape index (κ1) is 15.8. The molecule has 0 saturated heterocycles. The quantitative estimate of drug-likeness (QED) is 0.588. The first-order valence-electron chi connectivity index (χ1n) is 8.00. The van der Waals surface area contributed by atoms with E-state index in [0.717, 1.165) is 17.2 Å². The summed E-state index contributed by atoms with van der Waals surface area (Å²) < 4.78 is 3.70. The number of pyridine rings is 1. The molecule has 8 heteroatoms. The van der Waals surface area contributed by atoms with Crippen LogP contribution in [-0.4, -0.2) is 35.2 Å². The van der Waals surface area contributed by atoms with E-state index in [4.69, 9.17) is 0 Å². The molecule has 0 saturated carbocycles. The Morgan fingerprint density at radius 1 is 1.15 bits per heavy atom. The molecule has 1 aromatic carbocycles. The monoisotopic (exact) mass is 348 g/mol. The third-order valence-electron chi connectivity index (χ3n) is 4.20. The summed E-state index contributed by atoms with van der Waals surface area (Å²) in [6.07, 6.45) is 3.64. The fraction of sp³-hybridized carbons (Fsp3) is 0.111. The maximum absolute atomic E-state index is 11.4. The molecule has 0 amide bonds. The normalized spacial score (nSPS) is 11.0. The molecular formula is C18H16N6O2. The molecule has 4 aromatic rings. The fourth-order valence-corrected chi connectivity index (χ4v) is 2.90. The van der Waals surface area contributed by atoms with Crippen molar-refractivity contribution >= 4 is 23.3 Å². The van der Waals surface area contributed by atoms with Gasteiger partial charge in [0.25, 0.3) is 0 Å². The Hall–Kier alpha value is -3.68. The van der Waals surface area contributed by atoms with Crippen LogP contribution in [0.2, 0.25) is 0 Å². The number of carbonyl (C=O) groups is 1. The lowest BCUT2D eigenvalue weighted by molar-refractivity contribution is 0.0698. The molecule has 0 spiro atoms. The van der Waals surface area contributed by atoms with Crippen LogP contribution >= 0.6 is 0 Å². The number of nitrogens with one attached hydrogen (secondary N) is 1. The molecule has 0 unspecified atom stereocenters. The van der Waals surface area contributed by atoms with Crippen LogP contribution in [0.4, 0.5) is 11.6 Å². The summed E-state index contributed by atoms with van der Waals surface area (Å²) in [5.74, 6) is 0.202. The average Bonchev–Trinajstić information content (AvgIpc) is 3.22. The lowest BCUT2D eigenvalue weighted by atomic mass is 10.2. The second-order valence-electron chi connectivity index (χ2n) is 5.83. The van der Waals surface area contributed by atoms with Gasteiger partial charge in [0.05, 0.1) is 22.6 Å². The molecule has 4 rings (SSSR count). The lowest BCUT2D eigenvalue weighted by Crippen LogP contribution is -2.05. The SMILES string of the molecule is Cc1nccn1-c1ccc2nc(Nc3ccccc3C(=O)O)nn2c1C. The van der Waals surface area contributed by atoms with Gasteiger partial charge in [0.15, 0.2) is 5.65 Å². The van der Waals surface area contributed by atoms with Gasteiger partial charge in [0.1, 0.15) is 5.82 Å². The Balaban J connectivity index is 1.76. The number of imidazole rings is 1. The number of rotatable bonds is 4. The molecule has 0 fully saturated rings. The van der Waals surface area contributed by atoms with Crippen LogP contribution in [-0.2, 0) is 0 Å². The first-order valence-corrected chi connectivity index (χ1v) is 8.00. The van der Waals surface area contributed by atoms with E-state index < -0.39 is 5.97 Å². The van der Waals surface area contributed by atoms with E-state index in [1.165, 1.54) is 6.07 Å². The molecule has 0 radical (unpaired) electrons. The highest BCUT2D eigenvalue weighted by molar-refractivity contribution is 5.94. The van der Waals surface area contributed by atoms with Crippen molar-refractivity contribution in [1.82, 2.24) is 24.1 Å². The van der Waals surface area contributed by atoms with E-state index in [0.29, 0.717) is 17.3 Å². The number of nitrogens with zero attached hydrogens (tertiary/aromatic N) is 5. The van der Waals surface area contributed by atoms with Crippen LogP contribution in [0, 0.1) is 13.8 Å². The van der Waals surface area contributed by atoms with Crippen LogP contribution in [0.25, 0.3) is 11.3 Å². The number of benzene rings is 1. The van der Waals surface area contributed by atoms with Crippen LogP contribution in [0.5, 0.6) is 0 Å². The van der Waals surface area contributed by atoms with E-state index in [1.54, 1.807) is 28.9 Å². The van der Waals surface area contributed by atoms with E-state index in [2.05, 4.69) is 20.4 Å². The number of fused-ring (bicyclic) bond motifs is 1. The summed E-state index contributed by atoms with van der Waals surface area (Å²) in [6.45, 7) is 3.88. The Morgan fingerprint density at radius 3 is 2.69 bits per heavy atom. The Morgan fingerprint density at radius 2 is 1.96 bits per heavy atom. The predicted molar refractivity (Wildman–Crippen MR) is 96.3 cm³/mol. The molecule has 26 heavy (non-hydrogen) atoms. The molecule has 3 aromatic heterocycles. The Kier molecular flexibility index (Phi) is 3.65. The van der Waals surface area contributed by atoms with E-state index in [1.807, 2.05) is 36.7 Å². The van der Waals surface area contributed by atoms with E-state index in [9.17, 15) is 9.90 Å². The highest BCUT2D eigenvalue weighted by atomic mass is 16.4. The zero-order chi connectivity index (χ0) is 18.3. The standard InChI is InChI=1S/C18H16N6O2/c1-11-15(23-10-9-19-12(23)2)7-8-16-21-18(22-24(11)16)20-14-6-4-3-5-13(14)17(25)26/h3-10H,1-2H3,(H,20,22)(H,25,26). The molecule has 0 bridgehead atoms. The number of anilines is 2. The summed E-state index contributed by atoms with van der Waals surface area (Å²) in [5, 5.41) is 16.8. The van der Waals surface area contributed by atoms with Gasteiger partial charge in [-0.05, 0) is 38.1 Å². The van der Waals surface area contributed by atoms with Crippen molar-refractivity contribution in [2.45, 2.75) is 13.8 Å². The number of hydrogen-bond donors (Lipinski definition) is 2. The van der Waals surface area contributed by atoms with Crippen molar-refractivity contribution in [3.05, 3.63) is 65.9 Å². The van der Waals surface area contributed by atoms with Crippen molar-refractivity contribution in [3.63, 3.8) is 0 Å².